The van der Waals surface area contributed by atoms with E-state index in [-0.39, 0.29) is 23.1 Å². The van der Waals surface area contributed by atoms with Crippen molar-refractivity contribution in [2.24, 2.45) is 0 Å². The molecule has 2 rings (SSSR count). The predicted molar refractivity (Wildman–Crippen MR) is 77.4 cm³/mol. The van der Waals surface area contributed by atoms with Crippen molar-refractivity contribution in [3.63, 3.8) is 0 Å². The maximum absolute atomic E-state index is 12.8. The van der Waals surface area contributed by atoms with Gasteiger partial charge in [0.15, 0.2) is 0 Å². The van der Waals surface area contributed by atoms with Crippen LogP contribution in [0.1, 0.15) is 27.0 Å². The average Bonchev–Trinajstić information content (AvgIpc) is 2.53. The summed E-state index contributed by atoms with van der Waals surface area (Å²) in [5.41, 5.74) is -4.04. The number of halogens is 6. The molecular weight excluding hydrogens is 368 g/mol. The molecule has 4 nitrogen and oxygen atoms in total. The highest BCUT2D eigenvalue weighted by atomic mass is 19.4. The Morgan fingerprint density at radius 1 is 0.885 bits per heavy atom. The molecule has 0 heterocycles. The quantitative estimate of drug-likeness (QED) is 0.556. The Labute approximate surface area is 142 Å². The van der Waals surface area contributed by atoms with Crippen molar-refractivity contribution >= 4 is 5.91 Å². The molecule has 0 saturated heterocycles. The van der Waals surface area contributed by atoms with E-state index in [1.165, 1.54) is 0 Å². The van der Waals surface area contributed by atoms with E-state index in [4.69, 9.17) is 0 Å². The first-order chi connectivity index (χ1) is 11.9. The third-order valence-corrected chi connectivity index (χ3v) is 3.35. The van der Waals surface area contributed by atoms with Gasteiger partial charge >= 0.3 is 12.4 Å². The molecular formula is C16H11F6NO3. The van der Waals surface area contributed by atoms with Gasteiger partial charge in [-0.25, -0.2) is 0 Å². The maximum Gasteiger partial charge on any atom is 0.416 e. The first kappa shape index (κ1) is 19.4. The summed E-state index contributed by atoms with van der Waals surface area (Å²) in [6.45, 7) is -0.420. The van der Waals surface area contributed by atoms with Gasteiger partial charge in [0.05, 0.1) is 11.1 Å². The summed E-state index contributed by atoms with van der Waals surface area (Å²) >= 11 is 0. The van der Waals surface area contributed by atoms with Gasteiger partial charge in [-0.15, -0.1) is 0 Å². The highest BCUT2D eigenvalue weighted by Crippen LogP contribution is 2.36. The third kappa shape index (κ3) is 4.58. The highest BCUT2D eigenvalue weighted by molar-refractivity contribution is 5.94. The van der Waals surface area contributed by atoms with Gasteiger partial charge in [-0.1, -0.05) is 0 Å². The van der Waals surface area contributed by atoms with Crippen molar-refractivity contribution in [1.29, 1.82) is 0 Å². The zero-order valence-electron chi connectivity index (χ0n) is 12.7. The van der Waals surface area contributed by atoms with Crippen LogP contribution in [0.2, 0.25) is 0 Å². The van der Waals surface area contributed by atoms with E-state index < -0.39 is 41.5 Å². The molecule has 0 bridgehead atoms. The second-order valence-electron chi connectivity index (χ2n) is 5.29. The Hall–Kier alpha value is -2.91. The number of alkyl halides is 6. The topological polar surface area (TPSA) is 69.6 Å². The number of phenols is 2. The fraction of sp³-hybridized carbons (Fsp3) is 0.188. The minimum absolute atomic E-state index is 0.0290. The van der Waals surface area contributed by atoms with Crippen LogP contribution in [-0.4, -0.2) is 16.1 Å². The van der Waals surface area contributed by atoms with Gasteiger partial charge in [-0.3, -0.25) is 4.79 Å². The van der Waals surface area contributed by atoms with Crippen molar-refractivity contribution in [2.75, 3.05) is 0 Å². The first-order valence-electron chi connectivity index (χ1n) is 6.96. The van der Waals surface area contributed by atoms with E-state index in [1.54, 1.807) is 0 Å². The largest absolute Gasteiger partial charge is 0.508 e. The van der Waals surface area contributed by atoms with Gasteiger partial charge < -0.3 is 15.5 Å². The maximum atomic E-state index is 12.8. The number of amides is 1. The molecule has 0 aliphatic rings. The van der Waals surface area contributed by atoms with Crippen LogP contribution < -0.4 is 5.32 Å². The molecule has 0 fully saturated rings. The van der Waals surface area contributed by atoms with Gasteiger partial charge in [0.1, 0.15) is 11.5 Å². The van der Waals surface area contributed by atoms with Crippen LogP contribution in [0.3, 0.4) is 0 Å². The second-order valence-corrected chi connectivity index (χ2v) is 5.29. The molecule has 0 saturated carbocycles. The lowest BCUT2D eigenvalue weighted by atomic mass is 10.0. The van der Waals surface area contributed by atoms with Crippen molar-refractivity contribution in [3.8, 4) is 11.5 Å². The van der Waals surface area contributed by atoms with Gasteiger partial charge in [0.2, 0.25) is 0 Å². The molecule has 0 aliphatic heterocycles. The van der Waals surface area contributed by atoms with Crippen LogP contribution in [0.25, 0.3) is 0 Å². The Bertz CT molecular complexity index is 797. The molecule has 140 valence electrons. The lowest BCUT2D eigenvalue weighted by Gasteiger charge is -2.14. The zero-order valence-corrected chi connectivity index (χ0v) is 12.7. The number of carbonyl (C=O) groups is 1. The smallest absolute Gasteiger partial charge is 0.416 e. The van der Waals surface area contributed by atoms with Crippen molar-refractivity contribution in [2.45, 2.75) is 18.9 Å². The predicted octanol–water partition coefficient (Wildman–Crippen LogP) is 4.07. The Kier molecular flexibility index (Phi) is 5.06. The molecule has 10 heteroatoms. The number of hydrogen-bond acceptors (Lipinski definition) is 3. The van der Waals surface area contributed by atoms with Crippen molar-refractivity contribution in [3.05, 3.63) is 58.7 Å². The summed E-state index contributed by atoms with van der Waals surface area (Å²) < 4.78 is 76.7. The van der Waals surface area contributed by atoms with Gasteiger partial charge in [-0.05, 0) is 36.4 Å². The number of phenolic OH excluding ortho intramolecular Hbond substituents is 2. The van der Waals surface area contributed by atoms with E-state index in [0.717, 1.165) is 18.2 Å². The third-order valence-electron chi connectivity index (χ3n) is 3.35. The van der Waals surface area contributed by atoms with Gasteiger partial charge in [0, 0.05) is 17.7 Å². The summed E-state index contributed by atoms with van der Waals surface area (Å²) in [5, 5.41) is 21.0. The zero-order chi connectivity index (χ0) is 19.7. The summed E-state index contributed by atoms with van der Waals surface area (Å²) in [6.07, 6.45) is -10.1. The first-order valence-corrected chi connectivity index (χ1v) is 6.96. The minimum atomic E-state index is -5.07. The molecule has 26 heavy (non-hydrogen) atoms. The second kappa shape index (κ2) is 6.77. The molecule has 0 aliphatic carbocycles. The van der Waals surface area contributed by atoms with E-state index >= 15 is 0 Å². The van der Waals surface area contributed by atoms with Gasteiger partial charge in [-0.2, -0.15) is 26.3 Å². The van der Waals surface area contributed by atoms with Crippen LogP contribution in [0.5, 0.6) is 11.5 Å². The fourth-order valence-corrected chi connectivity index (χ4v) is 2.08. The Morgan fingerprint density at radius 2 is 1.42 bits per heavy atom. The number of carbonyl (C=O) groups excluding carboxylic acids is 1. The fourth-order valence-electron chi connectivity index (χ4n) is 2.08. The molecule has 2 aromatic carbocycles. The number of benzene rings is 2. The standard InChI is InChI=1S/C16H11F6NO3/c17-15(18,19)10-3-8(4-11(6-10)16(20,21)22)14(26)23-7-9-5-12(24)1-2-13(9)25/h1-6,24-25H,7H2,(H,23,26). The molecule has 1 amide bonds. The number of aromatic hydroxyl groups is 2. The van der Waals surface area contributed by atoms with Crippen molar-refractivity contribution in [1.82, 2.24) is 5.32 Å². The summed E-state index contributed by atoms with van der Waals surface area (Å²) in [5.74, 6) is -1.77. The van der Waals surface area contributed by atoms with Crippen LogP contribution in [0, 0.1) is 0 Å². The van der Waals surface area contributed by atoms with Crippen LogP contribution in [0.15, 0.2) is 36.4 Å². The van der Waals surface area contributed by atoms with E-state index in [0.29, 0.717) is 12.1 Å². The number of hydrogen-bond donors (Lipinski definition) is 3. The van der Waals surface area contributed by atoms with E-state index in [2.05, 4.69) is 5.32 Å². The normalized spacial score (nSPS) is 12.1. The summed E-state index contributed by atoms with van der Waals surface area (Å²) in [4.78, 5) is 12.0. The van der Waals surface area contributed by atoms with E-state index in [9.17, 15) is 41.4 Å². The Balaban J connectivity index is 2.31. The van der Waals surface area contributed by atoms with Crippen LogP contribution >= 0.6 is 0 Å². The SMILES string of the molecule is O=C(NCc1cc(O)ccc1O)c1cc(C(F)(F)F)cc(C(F)(F)F)c1. The molecule has 0 unspecified atom stereocenters. The van der Waals surface area contributed by atoms with Gasteiger partial charge in [0.25, 0.3) is 5.91 Å². The highest BCUT2D eigenvalue weighted by Gasteiger charge is 2.37. The number of rotatable bonds is 3. The monoisotopic (exact) mass is 379 g/mol. The minimum Gasteiger partial charge on any atom is -0.508 e. The average molecular weight is 379 g/mol. The van der Waals surface area contributed by atoms with Crippen LogP contribution in [-0.2, 0) is 18.9 Å². The van der Waals surface area contributed by atoms with E-state index in [1.807, 2.05) is 0 Å². The molecule has 0 spiro atoms. The van der Waals surface area contributed by atoms with Crippen LogP contribution in [0.4, 0.5) is 26.3 Å². The summed E-state index contributed by atoms with van der Waals surface area (Å²) in [6, 6.07) is 3.87. The molecule has 0 atom stereocenters. The lowest BCUT2D eigenvalue weighted by Crippen LogP contribution is -2.24. The van der Waals surface area contributed by atoms with Crippen molar-refractivity contribution < 1.29 is 41.4 Å². The molecule has 2 aromatic rings. The summed E-state index contributed by atoms with van der Waals surface area (Å²) in [7, 11) is 0. The molecule has 0 aromatic heterocycles. The Morgan fingerprint density at radius 3 is 1.92 bits per heavy atom. The number of nitrogens with one attached hydrogen (secondary N) is 1. The lowest BCUT2D eigenvalue weighted by molar-refractivity contribution is -0.143. The molecule has 0 radical (unpaired) electrons. The molecule has 3 N–H and O–H groups in total.